The van der Waals surface area contributed by atoms with Crippen LogP contribution in [0.5, 0.6) is 0 Å². The second kappa shape index (κ2) is 6.46. The number of fused-ring (bicyclic) bond motifs is 5. The molecule has 5 heteroatoms. The largest absolute Gasteiger partial charge is 0.438 e. The Balaban J connectivity index is 1.62. The average molecular weight is 366 g/mol. The fourth-order valence-electron chi connectivity index (χ4n) is 7.91. The summed E-state index contributed by atoms with van der Waals surface area (Å²) in [6.07, 6.45) is 6.82. The van der Waals surface area contributed by atoms with Gasteiger partial charge in [-0.1, -0.05) is 13.8 Å². The number of carbonyl (C=O) groups is 1. The van der Waals surface area contributed by atoms with Gasteiger partial charge >= 0.3 is 5.97 Å². The first-order valence-electron chi connectivity index (χ1n) is 10.4. The number of aliphatic hydroxyl groups excluding tert-OH is 3. The molecule has 5 nitrogen and oxygen atoms in total. The number of aliphatic hydroxyl groups is 3. The van der Waals surface area contributed by atoms with Gasteiger partial charge in [0.15, 0.2) is 6.79 Å². The molecule has 0 bridgehead atoms. The van der Waals surface area contributed by atoms with Crippen molar-refractivity contribution in [2.24, 2.45) is 40.4 Å². The average Bonchev–Trinajstić information content (AvgIpc) is 2.92. The zero-order chi connectivity index (χ0) is 18.7. The Morgan fingerprint density at radius 2 is 1.85 bits per heavy atom. The highest BCUT2D eigenvalue weighted by atomic mass is 16.6. The van der Waals surface area contributed by atoms with Gasteiger partial charge in [0.1, 0.15) is 0 Å². The molecule has 148 valence electrons. The Labute approximate surface area is 156 Å². The Morgan fingerprint density at radius 1 is 1.08 bits per heavy atom. The maximum atomic E-state index is 12.4. The van der Waals surface area contributed by atoms with E-state index in [2.05, 4.69) is 13.8 Å². The molecular formula is C21H34O5. The summed E-state index contributed by atoms with van der Waals surface area (Å²) in [7, 11) is 0. The third-order valence-electron chi connectivity index (χ3n) is 9.06. The topological polar surface area (TPSA) is 87.0 Å². The van der Waals surface area contributed by atoms with Crippen LogP contribution in [0.25, 0.3) is 0 Å². The molecule has 0 heterocycles. The molecule has 9 atom stereocenters. The summed E-state index contributed by atoms with van der Waals surface area (Å²) in [6.45, 7) is 3.94. The van der Waals surface area contributed by atoms with E-state index in [-0.39, 0.29) is 34.7 Å². The Kier molecular flexibility index (Phi) is 4.64. The van der Waals surface area contributed by atoms with E-state index in [1.807, 2.05) is 0 Å². The molecule has 0 aliphatic heterocycles. The van der Waals surface area contributed by atoms with E-state index in [1.165, 1.54) is 0 Å². The van der Waals surface area contributed by atoms with E-state index in [4.69, 9.17) is 9.84 Å². The summed E-state index contributed by atoms with van der Waals surface area (Å²) in [5.74, 6) is 1.16. The maximum Gasteiger partial charge on any atom is 0.311 e. The highest BCUT2D eigenvalue weighted by Crippen LogP contribution is 2.67. The second-order valence-corrected chi connectivity index (χ2v) is 10.0. The van der Waals surface area contributed by atoms with Crippen LogP contribution < -0.4 is 0 Å². The van der Waals surface area contributed by atoms with Crippen molar-refractivity contribution < 1.29 is 24.9 Å². The van der Waals surface area contributed by atoms with Crippen LogP contribution in [0.1, 0.15) is 65.2 Å². The van der Waals surface area contributed by atoms with Crippen LogP contribution >= 0.6 is 0 Å². The molecule has 4 fully saturated rings. The summed E-state index contributed by atoms with van der Waals surface area (Å²) in [5, 5.41) is 30.4. The van der Waals surface area contributed by atoms with Crippen LogP contribution in [-0.4, -0.2) is 40.3 Å². The van der Waals surface area contributed by atoms with Gasteiger partial charge in [0, 0.05) is 0 Å². The lowest BCUT2D eigenvalue weighted by atomic mass is 9.44. The minimum absolute atomic E-state index is 0.104. The van der Waals surface area contributed by atoms with Crippen molar-refractivity contribution in [3.05, 3.63) is 0 Å². The lowest BCUT2D eigenvalue weighted by molar-refractivity contribution is -0.186. The third-order valence-corrected chi connectivity index (χ3v) is 9.06. The van der Waals surface area contributed by atoms with Crippen molar-refractivity contribution >= 4 is 5.97 Å². The van der Waals surface area contributed by atoms with E-state index in [9.17, 15) is 15.0 Å². The lowest BCUT2D eigenvalue weighted by Gasteiger charge is -2.62. The van der Waals surface area contributed by atoms with Gasteiger partial charge < -0.3 is 20.1 Å². The normalized spacial score (nSPS) is 53.3. The van der Waals surface area contributed by atoms with E-state index < -0.39 is 12.9 Å². The van der Waals surface area contributed by atoms with Gasteiger partial charge in [0.05, 0.1) is 18.1 Å². The van der Waals surface area contributed by atoms with Crippen LogP contribution in [0.2, 0.25) is 0 Å². The number of hydrogen-bond acceptors (Lipinski definition) is 5. The van der Waals surface area contributed by atoms with Crippen LogP contribution in [0.4, 0.5) is 0 Å². The smallest absolute Gasteiger partial charge is 0.311 e. The minimum atomic E-state index is -0.563. The third kappa shape index (κ3) is 2.57. The SMILES string of the molecule is C[C@]12CC(O)C3C(CC[C@@H]4C[C@H](O)CC[C@]34C)C1CC[C@@H]2C(=O)OCO. The molecule has 4 rings (SSSR count). The molecule has 0 aromatic carbocycles. The first-order chi connectivity index (χ1) is 12.3. The van der Waals surface area contributed by atoms with Crippen LogP contribution in [-0.2, 0) is 9.53 Å². The van der Waals surface area contributed by atoms with E-state index in [0.717, 1.165) is 44.9 Å². The van der Waals surface area contributed by atoms with Gasteiger partial charge in [-0.25, -0.2) is 0 Å². The van der Waals surface area contributed by atoms with E-state index in [1.54, 1.807) is 0 Å². The number of carbonyl (C=O) groups excluding carboxylic acids is 1. The minimum Gasteiger partial charge on any atom is -0.438 e. The van der Waals surface area contributed by atoms with E-state index in [0.29, 0.717) is 24.2 Å². The summed E-state index contributed by atoms with van der Waals surface area (Å²) in [6, 6.07) is 0. The molecular weight excluding hydrogens is 332 g/mol. The molecule has 0 aromatic heterocycles. The molecule has 0 spiro atoms. The van der Waals surface area contributed by atoms with Crippen molar-refractivity contribution in [3.63, 3.8) is 0 Å². The van der Waals surface area contributed by atoms with Crippen LogP contribution in [0.3, 0.4) is 0 Å². The molecule has 0 radical (unpaired) electrons. The predicted octanol–water partition coefficient (Wildman–Crippen LogP) is 2.47. The van der Waals surface area contributed by atoms with Crippen molar-refractivity contribution in [2.45, 2.75) is 77.4 Å². The lowest BCUT2D eigenvalue weighted by Crippen LogP contribution is -2.59. The standard InChI is InChI=1S/C21H34O5/c1-20-8-7-13(23)9-12(20)3-4-14-15-5-6-16(19(25)26-11-22)21(15,2)10-17(24)18(14)20/h12-18,22-24H,3-11H2,1-2H3/t12-,13-,14?,15?,16-,17?,18?,20+,21+/m1/s1. The zero-order valence-corrected chi connectivity index (χ0v) is 16.1. The molecule has 26 heavy (non-hydrogen) atoms. The number of esters is 1. The predicted molar refractivity (Wildman–Crippen MR) is 95.8 cm³/mol. The fourth-order valence-corrected chi connectivity index (χ4v) is 7.91. The maximum absolute atomic E-state index is 12.4. The van der Waals surface area contributed by atoms with Gasteiger partial charge in [0.2, 0.25) is 0 Å². The molecule has 0 aromatic rings. The summed E-state index contributed by atoms with van der Waals surface area (Å²) in [4.78, 5) is 12.4. The van der Waals surface area contributed by atoms with Crippen molar-refractivity contribution in [1.82, 2.24) is 0 Å². The van der Waals surface area contributed by atoms with Crippen molar-refractivity contribution in [1.29, 1.82) is 0 Å². The van der Waals surface area contributed by atoms with Gasteiger partial charge in [-0.3, -0.25) is 4.79 Å². The zero-order valence-electron chi connectivity index (χ0n) is 16.1. The van der Waals surface area contributed by atoms with Gasteiger partial charge in [-0.05, 0) is 85.9 Å². The van der Waals surface area contributed by atoms with Gasteiger partial charge in [-0.15, -0.1) is 0 Å². The second-order valence-electron chi connectivity index (χ2n) is 10.0. The quantitative estimate of drug-likeness (QED) is 0.516. The molecule has 4 aliphatic carbocycles. The highest BCUT2D eigenvalue weighted by molar-refractivity contribution is 5.74. The Morgan fingerprint density at radius 3 is 2.58 bits per heavy atom. The summed E-state index contributed by atoms with van der Waals surface area (Å²) >= 11 is 0. The first kappa shape index (κ1) is 18.7. The van der Waals surface area contributed by atoms with Crippen LogP contribution in [0, 0.1) is 40.4 Å². The molecule has 0 saturated heterocycles. The fraction of sp³-hybridized carbons (Fsp3) is 0.952. The molecule has 4 saturated carbocycles. The molecule has 4 aliphatic rings. The van der Waals surface area contributed by atoms with E-state index >= 15 is 0 Å². The van der Waals surface area contributed by atoms with Gasteiger partial charge in [0.25, 0.3) is 0 Å². The monoisotopic (exact) mass is 366 g/mol. The first-order valence-corrected chi connectivity index (χ1v) is 10.4. The van der Waals surface area contributed by atoms with Crippen LogP contribution in [0.15, 0.2) is 0 Å². The molecule has 3 N–H and O–H groups in total. The Bertz CT molecular complexity index is 565. The number of ether oxygens (including phenoxy) is 1. The summed E-state index contributed by atoms with van der Waals surface area (Å²) in [5.41, 5.74) is -0.128. The number of hydrogen-bond donors (Lipinski definition) is 3. The summed E-state index contributed by atoms with van der Waals surface area (Å²) < 4.78 is 4.94. The number of rotatable bonds is 2. The molecule has 0 amide bonds. The van der Waals surface area contributed by atoms with Crippen molar-refractivity contribution in [2.75, 3.05) is 6.79 Å². The van der Waals surface area contributed by atoms with Gasteiger partial charge in [-0.2, -0.15) is 0 Å². The van der Waals surface area contributed by atoms with Crippen molar-refractivity contribution in [3.8, 4) is 0 Å². The Hall–Kier alpha value is -0.650. The molecule has 4 unspecified atom stereocenters. The highest BCUT2D eigenvalue weighted by Gasteiger charge is 2.64.